The minimum Gasteiger partial charge on any atom is -0.390 e. The van der Waals surface area contributed by atoms with E-state index in [1.807, 2.05) is 0 Å². The maximum atomic E-state index is 10.3. The van der Waals surface area contributed by atoms with Crippen LogP contribution in [-0.2, 0) is 42.6 Å². The molecule has 0 radical (unpaired) electrons. The number of methoxy groups -OCH3 is 3. The van der Waals surface area contributed by atoms with Gasteiger partial charge in [0.25, 0.3) is 0 Å². The van der Waals surface area contributed by atoms with Gasteiger partial charge >= 0.3 is 0 Å². The Labute approximate surface area is 383 Å². The van der Waals surface area contributed by atoms with E-state index in [0.717, 1.165) is 77.6 Å². The van der Waals surface area contributed by atoms with Crippen LogP contribution in [0.15, 0.2) is 34.9 Å². The zero-order valence-corrected chi connectivity index (χ0v) is 40.3. The SMILES string of the molecule is CO[C@@H]1[C@H](O)CC[C@]2(CO2)[C@H]1[C@@]1(C)O[C@@H]1CC=C(C)C.CO[C@@H]1[C@H](O)CC[C@]2(CO2)[C@H]1[C@@]1(C)O[C@@H]1CC=C1CCCC1.CO[C@@H]1[C@H](O)CC[C@]2(CO2)[C@H]1[C@@]1(C)O[C@@H]1CC=C1CCCC1. The summed E-state index contributed by atoms with van der Waals surface area (Å²) in [6, 6.07) is 0. The first-order valence-corrected chi connectivity index (χ1v) is 25.2. The molecule has 11 fully saturated rings. The summed E-state index contributed by atoms with van der Waals surface area (Å²) in [6.45, 7) is 13.1. The Hall–Kier alpha value is -1.26. The summed E-state index contributed by atoms with van der Waals surface area (Å²) in [5.74, 6) is 0.403. The first-order chi connectivity index (χ1) is 30.6. The van der Waals surface area contributed by atoms with Crippen molar-refractivity contribution in [2.75, 3.05) is 41.2 Å². The average Bonchev–Trinajstić information content (AvgIpc) is 4.01. The van der Waals surface area contributed by atoms with Gasteiger partial charge in [0.1, 0.15) is 16.8 Å². The lowest BCUT2D eigenvalue weighted by Gasteiger charge is -2.41. The molecular weight excluding hydrogens is 817 g/mol. The standard InChI is InChI=1S/2C18H28O4.C16H26O4/c2*1-17(14(22-17)8-7-12-5-3-4-6-12)16-15(20-2)13(19)9-10-18(16)11-21-18;1-10(2)5-6-12-15(3,20-12)14-13(18-4)11(17)7-8-16(14)9-19-16/h2*7,13-16,19H,3-6,8-11H2,1-2H3;5,11-14,17H,6-9H2,1-4H3/t2*13-,14-,15-,16-,17+,18+;11-,12-,13-,14-,15+,16+/m111/s1. The van der Waals surface area contributed by atoms with Crippen LogP contribution in [-0.4, -0.2) is 145 Å². The van der Waals surface area contributed by atoms with Crippen molar-refractivity contribution >= 4 is 0 Å². The molecule has 64 heavy (non-hydrogen) atoms. The van der Waals surface area contributed by atoms with Crippen molar-refractivity contribution in [1.82, 2.24) is 0 Å². The van der Waals surface area contributed by atoms with Crippen molar-refractivity contribution in [3.63, 3.8) is 0 Å². The summed E-state index contributed by atoms with van der Waals surface area (Å²) in [7, 11) is 5.08. The minimum atomic E-state index is -0.412. The third kappa shape index (κ3) is 9.17. The number of rotatable bonds is 12. The third-order valence-electron chi connectivity index (χ3n) is 18.0. The van der Waals surface area contributed by atoms with Gasteiger partial charge < -0.3 is 58.0 Å². The summed E-state index contributed by atoms with van der Waals surface area (Å²) >= 11 is 0. The molecule has 6 saturated heterocycles. The Balaban J connectivity index is 0.000000122. The van der Waals surface area contributed by atoms with Crippen molar-refractivity contribution in [1.29, 1.82) is 0 Å². The van der Waals surface area contributed by atoms with Crippen molar-refractivity contribution < 1.29 is 58.0 Å². The van der Waals surface area contributed by atoms with E-state index < -0.39 is 18.3 Å². The fourth-order valence-corrected chi connectivity index (χ4v) is 13.8. The molecule has 5 aliphatic carbocycles. The molecule has 11 rings (SSSR count). The summed E-state index contributed by atoms with van der Waals surface area (Å²) in [5.41, 5.74) is 3.52. The van der Waals surface area contributed by atoms with Crippen LogP contribution in [0.2, 0.25) is 0 Å². The highest BCUT2D eigenvalue weighted by molar-refractivity contribution is 5.24. The van der Waals surface area contributed by atoms with Crippen LogP contribution in [0.3, 0.4) is 0 Å². The summed E-state index contributed by atoms with van der Waals surface area (Å²) in [5, 5.41) is 30.9. The molecule has 0 unspecified atom stereocenters. The number of aliphatic hydroxyl groups excluding tert-OH is 3. The quantitative estimate of drug-likeness (QED) is 0.133. The van der Waals surface area contributed by atoms with E-state index in [9.17, 15) is 15.3 Å². The van der Waals surface area contributed by atoms with E-state index in [-0.39, 0.29) is 88.0 Å². The summed E-state index contributed by atoms with van der Waals surface area (Å²) in [4.78, 5) is 0. The number of hydrogen-bond acceptors (Lipinski definition) is 12. The predicted octanol–water partition coefficient (Wildman–Crippen LogP) is 7.23. The lowest BCUT2D eigenvalue weighted by Crippen LogP contribution is -2.54. The van der Waals surface area contributed by atoms with Gasteiger partial charge in [0.15, 0.2) is 0 Å². The van der Waals surface area contributed by atoms with Crippen LogP contribution in [0, 0.1) is 17.8 Å². The van der Waals surface area contributed by atoms with Crippen LogP contribution in [0.25, 0.3) is 0 Å². The van der Waals surface area contributed by atoms with E-state index in [4.69, 9.17) is 42.6 Å². The lowest BCUT2D eigenvalue weighted by atomic mass is 9.68. The van der Waals surface area contributed by atoms with E-state index in [2.05, 4.69) is 52.8 Å². The second kappa shape index (κ2) is 18.2. The van der Waals surface area contributed by atoms with Gasteiger partial charge in [-0.15, -0.1) is 0 Å². The largest absolute Gasteiger partial charge is 0.390 e. The van der Waals surface area contributed by atoms with Crippen molar-refractivity contribution in [2.24, 2.45) is 17.8 Å². The zero-order chi connectivity index (χ0) is 45.3. The molecule has 0 aromatic rings. The first kappa shape index (κ1) is 47.8. The average molecular weight is 899 g/mol. The van der Waals surface area contributed by atoms with Gasteiger partial charge in [-0.1, -0.05) is 34.9 Å². The lowest BCUT2D eigenvalue weighted by molar-refractivity contribution is -0.116. The maximum Gasteiger partial charge on any atom is 0.101 e. The van der Waals surface area contributed by atoms with E-state index in [1.165, 1.54) is 56.9 Å². The molecule has 5 saturated carbocycles. The highest BCUT2D eigenvalue weighted by atomic mass is 16.6. The molecule has 362 valence electrons. The summed E-state index contributed by atoms with van der Waals surface area (Å²) < 4.78 is 52.7. The Bertz CT molecular complexity index is 1640. The van der Waals surface area contributed by atoms with Gasteiger partial charge in [0.05, 0.1) is 109 Å². The molecule has 12 heteroatoms. The van der Waals surface area contributed by atoms with Crippen LogP contribution >= 0.6 is 0 Å². The zero-order valence-electron chi connectivity index (χ0n) is 40.3. The molecule has 0 aromatic carbocycles. The number of epoxide rings is 6. The van der Waals surface area contributed by atoms with Gasteiger partial charge in [-0.2, -0.15) is 0 Å². The van der Waals surface area contributed by atoms with Gasteiger partial charge in [-0.25, -0.2) is 0 Å². The maximum absolute atomic E-state index is 10.3. The molecule has 12 nitrogen and oxygen atoms in total. The summed E-state index contributed by atoms with van der Waals surface area (Å²) in [6.07, 6.45) is 24.3. The van der Waals surface area contributed by atoms with Gasteiger partial charge in [-0.3, -0.25) is 0 Å². The Kier molecular flexibility index (Phi) is 13.6. The van der Waals surface area contributed by atoms with E-state index in [1.54, 1.807) is 32.5 Å². The fourth-order valence-electron chi connectivity index (χ4n) is 13.8. The minimum absolute atomic E-state index is 0.107. The van der Waals surface area contributed by atoms with Crippen molar-refractivity contribution in [3.05, 3.63) is 34.9 Å². The normalized spacial score (nSPS) is 50.3. The van der Waals surface area contributed by atoms with Crippen LogP contribution in [0.1, 0.15) is 144 Å². The molecule has 18 atom stereocenters. The first-order valence-electron chi connectivity index (χ1n) is 25.2. The smallest absolute Gasteiger partial charge is 0.101 e. The molecule has 6 aliphatic heterocycles. The van der Waals surface area contributed by atoms with Gasteiger partial charge in [0, 0.05) is 21.3 Å². The number of ether oxygens (including phenoxy) is 9. The molecule has 0 bridgehead atoms. The Morgan fingerprint density at radius 3 is 1.09 bits per heavy atom. The highest BCUT2D eigenvalue weighted by Gasteiger charge is 2.74. The van der Waals surface area contributed by atoms with Crippen molar-refractivity contribution in [2.45, 2.75) is 232 Å². The Morgan fingerprint density at radius 2 is 0.828 bits per heavy atom. The Morgan fingerprint density at radius 1 is 0.531 bits per heavy atom. The number of allylic oxidation sites excluding steroid dienone is 3. The van der Waals surface area contributed by atoms with Gasteiger partial charge in [0.2, 0.25) is 0 Å². The molecule has 3 N–H and O–H groups in total. The monoisotopic (exact) mass is 899 g/mol. The van der Waals surface area contributed by atoms with Crippen molar-refractivity contribution in [3.8, 4) is 0 Å². The third-order valence-corrected chi connectivity index (χ3v) is 18.0. The molecule has 3 spiro atoms. The molecule has 0 amide bonds. The fraction of sp³-hybridized carbons (Fsp3) is 0.885. The molecule has 6 heterocycles. The van der Waals surface area contributed by atoms with Crippen LogP contribution in [0.5, 0.6) is 0 Å². The van der Waals surface area contributed by atoms with Crippen LogP contribution in [0.4, 0.5) is 0 Å². The predicted molar refractivity (Wildman–Crippen MR) is 241 cm³/mol. The van der Waals surface area contributed by atoms with Gasteiger partial charge in [-0.05, 0) is 144 Å². The number of aliphatic hydroxyl groups is 3. The molecule has 11 aliphatic rings. The highest BCUT2D eigenvalue weighted by Crippen LogP contribution is 2.62. The molecular formula is C52H82O12. The van der Waals surface area contributed by atoms with E-state index >= 15 is 0 Å². The molecule has 0 aromatic heterocycles. The topological polar surface area (TPSA) is 164 Å². The second-order valence-electron chi connectivity index (χ2n) is 22.4. The second-order valence-corrected chi connectivity index (χ2v) is 22.4. The van der Waals surface area contributed by atoms with E-state index in [0.29, 0.717) is 0 Å². The van der Waals surface area contributed by atoms with Crippen LogP contribution < -0.4 is 0 Å². The number of hydrogen-bond donors (Lipinski definition) is 3.